The molecule has 0 aromatic heterocycles. The van der Waals surface area contributed by atoms with Gasteiger partial charge in [-0.05, 0) is 31.4 Å². The van der Waals surface area contributed by atoms with Gasteiger partial charge in [0.05, 0.1) is 0 Å². The van der Waals surface area contributed by atoms with E-state index >= 15 is 0 Å². The van der Waals surface area contributed by atoms with Crippen molar-refractivity contribution >= 4 is 5.71 Å². The maximum absolute atomic E-state index is 13.0. The zero-order valence-electron chi connectivity index (χ0n) is 7.10. The molecule has 0 amide bonds. The second-order valence-electron chi connectivity index (χ2n) is 2.87. The van der Waals surface area contributed by atoms with Gasteiger partial charge in [-0.2, -0.15) is 0 Å². The lowest BCUT2D eigenvalue weighted by molar-refractivity contribution is 0.610. The third-order valence-corrected chi connectivity index (χ3v) is 1.73. The topological polar surface area (TPSA) is 23.9 Å². The van der Waals surface area contributed by atoms with E-state index in [2.05, 4.69) is 0 Å². The Morgan fingerprint density at radius 1 is 1.42 bits per heavy atom. The van der Waals surface area contributed by atoms with E-state index in [0.29, 0.717) is 24.1 Å². The molecule has 0 spiro atoms. The van der Waals surface area contributed by atoms with Crippen molar-refractivity contribution in [3.8, 4) is 0 Å². The summed E-state index contributed by atoms with van der Waals surface area (Å²) < 4.78 is 13.0. The van der Waals surface area contributed by atoms with Crippen molar-refractivity contribution in [3.63, 3.8) is 0 Å². The lowest BCUT2D eigenvalue weighted by Crippen LogP contribution is -1.95. The molecule has 0 saturated carbocycles. The van der Waals surface area contributed by atoms with Gasteiger partial charge >= 0.3 is 0 Å². The fraction of sp³-hybridized carbons (Fsp3) is 0.300. The minimum atomic E-state index is -0.168. The van der Waals surface area contributed by atoms with Crippen LogP contribution >= 0.6 is 0 Å². The van der Waals surface area contributed by atoms with E-state index in [9.17, 15) is 4.39 Å². The van der Waals surface area contributed by atoms with Crippen LogP contribution in [0.25, 0.3) is 0 Å². The predicted molar refractivity (Wildman–Crippen MR) is 48.1 cm³/mol. The van der Waals surface area contributed by atoms with Crippen LogP contribution in [0.3, 0.4) is 0 Å². The zero-order valence-corrected chi connectivity index (χ0v) is 7.10. The first-order chi connectivity index (χ1) is 5.70. The van der Waals surface area contributed by atoms with Gasteiger partial charge in [-0.1, -0.05) is 18.2 Å². The summed E-state index contributed by atoms with van der Waals surface area (Å²) >= 11 is 0. The van der Waals surface area contributed by atoms with Crippen LogP contribution in [0, 0.1) is 11.2 Å². The second-order valence-corrected chi connectivity index (χ2v) is 2.87. The van der Waals surface area contributed by atoms with Crippen molar-refractivity contribution in [2.45, 2.75) is 19.8 Å². The first-order valence-electron chi connectivity index (χ1n) is 3.97. The average Bonchev–Trinajstić information content (AvgIpc) is 2.03. The highest BCUT2D eigenvalue weighted by Crippen LogP contribution is 2.08. The molecule has 1 N–H and O–H groups in total. The van der Waals surface area contributed by atoms with Crippen molar-refractivity contribution in [1.82, 2.24) is 0 Å². The Labute approximate surface area is 71.7 Å². The van der Waals surface area contributed by atoms with E-state index < -0.39 is 0 Å². The molecule has 0 fully saturated rings. The number of rotatable bonds is 3. The Morgan fingerprint density at radius 3 is 2.67 bits per heavy atom. The average molecular weight is 165 g/mol. The molecule has 1 aromatic rings. The number of nitrogens with one attached hydrogen (secondary N) is 1. The number of aryl methyl sites for hydroxylation is 1. The van der Waals surface area contributed by atoms with Gasteiger partial charge in [-0.15, -0.1) is 0 Å². The molecule has 2 heteroatoms. The first kappa shape index (κ1) is 8.91. The highest BCUT2D eigenvalue weighted by molar-refractivity contribution is 5.78. The first-order valence-corrected chi connectivity index (χ1v) is 3.97. The summed E-state index contributed by atoms with van der Waals surface area (Å²) in [5.74, 6) is -0.168. The van der Waals surface area contributed by atoms with Crippen LogP contribution in [-0.4, -0.2) is 5.71 Å². The van der Waals surface area contributed by atoms with Crippen LogP contribution in [0.15, 0.2) is 24.3 Å². The fourth-order valence-electron chi connectivity index (χ4n) is 1.02. The lowest BCUT2D eigenvalue weighted by atomic mass is 10.1. The van der Waals surface area contributed by atoms with Crippen molar-refractivity contribution in [2.75, 3.05) is 0 Å². The van der Waals surface area contributed by atoms with Gasteiger partial charge < -0.3 is 5.41 Å². The molecule has 0 aliphatic carbocycles. The molecule has 0 saturated heterocycles. The molecular formula is C10H12FN. The SMILES string of the molecule is CC(=N)CCc1ccccc1F. The van der Waals surface area contributed by atoms with Crippen LogP contribution < -0.4 is 0 Å². The van der Waals surface area contributed by atoms with Crippen molar-refractivity contribution in [3.05, 3.63) is 35.6 Å². The number of hydrogen-bond acceptors (Lipinski definition) is 1. The number of halogens is 1. The van der Waals surface area contributed by atoms with Crippen LogP contribution in [0.5, 0.6) is 0 Å². The minimum absolute atomic E-state index is 0.168. The Bertz CT molecular complexity index is 281. The predicted octanol–water partition coefficient (Wildman–Crippen LogP) is 2.80. The number of hydrogen-bond donors (Lipinski definition) is 1. The van der Waals surface area contributed by atoms with Gasteiger partial charge in [0.1, 0.15) is 5.82 Å². The summed E-state index contributed by atoms with van der Waals surface area (Å²) in [7, 11) is 0. The third kappa shape index (κ3) is 2.46. The smallest absolute Gasteiger partial charge is 0.126 e. The molecular weight excluding hydrogens is 153 g/mol. The summed E-state index contributed by atoms with van der Waals surface area (Å²) in [6, 6.07) is 6.71. The van der Waals surface area contributed by atoms with Crippen LogP contribution in [0.4, 0.5) is 4.39 Å². The fourth-order valence-corrected chi connectivity index (χ4v) is 1.02. The molecule has 0 atom stereocenters. The largest absolute Gasteiger partial charge is 0.310 e. The summed E-state index contributed by atoms with van der Waals surface area (Å²) in [4.78, 5) is 0. The summed E-state index contributed by atoms with van der Waals surface area (Å²) in [6.07, 6.45) is 1.27. The second kappa shape index (κ2) is 4.00. The normalized spacial score (nSPS) is 9.83. The molecule has 0 unspecified atom stereocenters. The monoisotopic (exact) mass is 165 g/mol. The van der Waals surface area contributed by atoms with Gasteiger partial charge in [0.25, 0.3) is 0 Å². The van der Waals surface area contributed by atoms with E-state index in [1.165, 1.54) is 6.07 Å². The summed E-state index contributed by atoms with van der Waals surface area (Å²) in [6.45, 7) is 1.74. The Morgan fingerprint density at radius 2 is 2.08 bits per heavy atom. The third-order valence-electron chi connectivity index (χ3n) is 1.73. The molecule has 0 aliphatic heterocycles. The lowest BCUT2D eigenvalue weighted by Gasteiger charge is -2.00. The minimum Gasteiger partial charge on any atom is -0.310 e. The van der Waals surface area contributed by atoms with Crippen LogP contribution in [0.2, 0.25) is 0 Å². The molecule has 0 heterocycles. The maximum Gasteiger partial charge on any atom is 0.126 e. The standard InChI is InChI=1S/C10H12FN/c1-8(12)6-7-9-4-2-3-5-10(9)11/h2-5,12H,6-7H2,1H3. The van der Waals surface area contributed by atoms with Gasteiger partial charge in [-0.3, -0.25) is 0 Å². The summed E-state index contributed by atoms with van der Waals surface area (Å²) in [5.41, 5.74) is 1.29. The summed E-state index contributed by atoms with van der Waals surface area (Å²) in [5, 5.41) is 7.19. The van der Waals surface area contributed by atoms with E-state index in [0.717, 1.165) is 0 Å². The van der Waals surface area contributed by atoms with Crippen molar-refractivity contribution in [1.29, 1.82) is 5.41 Å². The van der Waals surface area contributed by atoms with Gasteiger partial charge in [0, 0.05) is 5.71 Å². The van der Waals surface area contributed by atoms with Crippen LogP contribution in [0.1, 0.15) is 18.9 Å². The molecule has 1 rings (SSSR count). The Balaban J connectivity index is 2.63. The highest BCUT2D eigenvalue weighted by Gasteiger charge is 1.99. The quantitative estimate of drug-likeness (QED) is 0.666. The van der Waals surface area contributed by atoms with Gasteiger partial charge in [0.2, 0.25) is 0 Å². The molecule has 12 heavy (non-hydrogen) atoms. The zero-order chi connectivity index (χ0) is 8.97. The molecule has 0 radical (unpaired) electrons. The number of benzene rings is 1. The maximum atomic E-state index is 13.0. The van der Waals surface area contributed by atoms with E-state index in [1.807, 2.05) is 6.07 Å². The van der Waals surface area contributed by atoms with Crippen LogP contribution in [-0.2, 0) is 6.42 Å². The molecule has 64 valence electrons. The molecule has 1 aromatic carbocycles. The van der Waals surface area contributed by atoms with Gasteiger partial charge in [-0.25, -0.2) is 4.39 Å². The Kier molecular flexibility index (Phi) is 2.97. The molecule has 0 bridgehead atoms. The highest BCUT2D eigenvalue weighted by atomic mass is 19.1. The van der Waals surface area contributed by atoms with E-state index in [1.54, 1.807) is 19.1 Å². The van der Waals surface area contributed by atoms with Gasteiger partial charge in [0.15, 0.2) is 0 Å². The van der Waals surface area contributed by atoms with Crippen molar-refractivity contribution in [2.24, 2.45) is 0 Å². The Hall–Kier alpha value is -1.18. The molecule has 1 nitrogen and oxygen atoms in total. The molecule has 0 aliphatic rings. The van der Waals surface area contributed by atoms with E-state index in [-0.39, 0.29) is 5.82 Å². The van der Waals surface area contributed by atoms with E-state index in [4.69, 9.17) is 5.41 Å². The van der Waals surface area contributed by atoms with Crippen molar-refractivity contribution < 1.29 is 4.39 Å².